The van der Waals surface area contributed by atoms with Crippen LogP contribution >= 0.6 is 11.6 Å². The summed E-state index contributed by atoms with van der Waals surface area (Å²) in [5.74, 6) is 1.13. The van der Waals surface area contributed by atoms with Crippen molar-refractivity contribution in [1.29, 1.82) is 0 Å². The molecule has 0 atom stereocenters. The Morgan fingerprint density at radius 1 is 1.25 bits per heavy atom. The molecule has 1 aromatic carbocycles. The molecule has 0 nitrogen and oxygen atoms in total. The van der Waals surface area contributed by atoms with Gasteiger partial charge in [-0.3, -0.25) is 0 Å². The topological polar surface area (TPSA) is 0 Å². The van der Waals surface area contributed by atoms with Crippen LogP contribution in [0.5, 0.6) is 0 Å². The Kier molecular flexibility index (Phi) is 3.08. The second-order valence-corrected chi connectivity index (χ2v) is 11.4. The fourth-order valence-corrected chi connectivity index (χ4v) is 8.89. The Hall–Kier alpha value is 0.445. The third-order valence-electron chi connectivity index (χ3n) is 2.45. The van der Waals surface area contributed by atoms with Crippen LogP contribution in [-0.4, -0.2) is 0 Å². The number of halogens is 1. The zero-order valence-corrected chi connectivity index (χ0v) is 13.3. The molecule has 1 fully saturated rings. The van der Waals surface area contributed by atoms with Crippen molar-refractivity contribution in [1.82, 2.24) is 0 Å². The molecule has 0 aliphatic heterocycles. The van der Waals surface area contributed by atoms with Crippen LogP contribution in [0.15, 0.2) is 24.3 Å². The molecule has 0 unspecified atom stereocenters. The van der Waals surface area contributed by atoms with Gasteiger partial charge in [0.25, 0.3) is 0 Å². The molecule has 0 spiro atoms. The van der Waals surface area contributed by atoms with Gasteiger partial charge >= 0.3 is 91.2 Å². The first-order chi connectivity index (χ1) is 5.84. The monoisotopic (exact) mass is 368 g/mol. The van der Waals surface area contributed by atoms with Gasteiger partial charge in [0.2, 0.25) is 0 Å². The molecule has 0 heterocycles. The first kappa shape index (κ1) is 9.02. The Labute approximate surface area is 90.7 Å². The van der Waals surface area contributed by atoms with Gasteiger partial charge in [-0.25, -0.2) is 0 Å². The Morgan fingerprint density at radius 3 is 2.50 bits per heavy atom. The minimum atomic E-state index is -0.688. The second-order valence-electron chi connectivity index (χ2n) is 3.61. The molecule has 1 saturated carbocycles. The fraction of sp³-hybridized carbons (Fsp3) is 0.400. The number of rotatable bonds is 3. The van der Waals surface area contributed by atoms with Crippen molar-refractivity contribution in [3.63, 3.8) is 0 Å². The molecule has 1 aromatic rings. The summed E-state index contributed by atoms with van der Waals surface area (Å²) >= 11 is 5.12. The van der Waals surface area contributed by atoms with Crippen molar-refractivity contribution in [2.24, 2.45) is 5.92 Å². The van der Waals surface area contributed by atoms with Crippen LogP contribution < -0.4 is 3.07 Å². The van der Waals surface area contributed by atoms with Gasteiger partial charge in [-0.2, -0.15) is 0 Å². The maximum absolute atomic E-state index is 5.81. The van der Waals surface area contributed by atoms with Crippen LogP contribution in [0.1, 0.15) is 12.8 Å². The van der Waals surface area contributed by atoms with Crippen molar-refractivity contribution >= 4 is 14.7 Å². The van der Waals surface area contributed by atoms with Crippen LogP contribution in [0, 0.1) is 5.92 Å². The maximum atomic E-state index is 5.81. The molecule has 2 rings (SSSR count). The summed E-state index contributed by atoms with van der Waals surface area (Å²) in [6.07, 6.45) is 3.02. The molecule has 0 N–H and O–H groups in total. The summed E-state index contributed by atoms with van der Waals surface area (Å²) in [5.41, 5.74) is 0. The van der Waals surface area contributed by atoms with E-state index in [1.807, 2.05) is 12.1 Å². The molecule has 0 saturated heterocycles. The number of hydrogen-bond donors (Lipinski definition) is 0. The standard InChI is InChI=1S/C6H4Cl.C4H7.Hg/c7-6-4-2-1-3-5-6;1-4-2-3-4;/h2-5H;4H,1-3H2;. The van der Waals surface area contributed by atoms with Gasteiger partial charge < -0.3 is 0 Å². The molecular weight excluding hydrogens is 356 g/mol. The van der Waals surface area contributed by atoms with E-state index in [9.17, 15) is 0 Å². The Bertz CT molecular complexity index is 251. The van der Waals surface area contributed by atoms with E-state index in [2.05, 4.69) is 12.1 Å². The second kappa shape index (κ2) is 4.10. The minimum absolute atomic E-state index is 0.688. The van der Waals surface area contributed by atoms with Gasteiger partial charge in [0.15, 0.2) is 0 Å². The average Bonchev–Trinajstić information content (AvgIpc) is 2.87. The van der Waals surface area contributed by atoms with Gasteiger partial charge in [-0.15, -0.1) is 0 Å². The zero-order chi connectivity index (χ0) is 8.39. The van der Waals surface area contributed by atoms with Crippen molar-refractivity contribution in [3.05, 3.63) is 29.3 Å². The van der Waals surface area contributed by atoms with E-state index >= 15 is 0 Å². The summed E-state index contributed by atoms with van der Waals surface area (Å²) in [4.78, 5) is 0. The predicted molar refractivity (Wildman–Crippen MR) is 48.6 cm³/mol. The van der Waals surface area contributed by atoms with Crippen molar-refractivity contribution < 1.29 is 24.6 Å². The first-order valence-corrected chi connectivity index (χ1v) is 11.6. The summed E-state index contributed by atoms with van der Waals surface area (Å²) in [5, 5.41) is 0.874. The molecule has 0 aromatic heterocycles. The molecule has 2 heteroatoms. The molecule has 0 amide bonds. The Balaban J connectivity index is 1.89. The molecule has 12 heavy (non-hydrogen) atoms. The molecule has 60 valence electrons. The van der Waals surface area contributed by atoms with E-state index in [0.29, 0.717) is 0 Å². The van der Waals surface area contributed by atoms with Crippen molar-refractivity contribution in [3.8, 4) is 0 Å². The van der Waals surface area contributed by atoms with E-state index in [1.165, 1.54) is 12.8 Å². The van der Waals surface area contributed by atoms with E-state index in [0.717, 1.165) is 10.9 Å². The van der Waals surface area contributed by atoms with E-state index in [4.69, 9.17) is 11.6 Å². The molecular formula is C10H11ClHg. The molecule has 0 radical (unpaired) electrons. The van der Waals surface area contributed by atoms with Gasteiger partial charge in [0.05, 0.1) is 0 Å². The third kappa shape index (κ3) is 2.74. The van der Waals surface area contributed by atoms with Crippen LogP contribution in [0.25, 0.3) is 0 Å². The Morgan fingerprint density at radius 2 is 1.92 bits per heavy atom. The van der Waals surface area contributed by atoms with Gasteiger partial charge in [0, 0.05) is 0 Å². The summed E-state index contributed by atoms with van der Waals surface area (Å²) in [6, 6.07) is 8.52. The molecule has 0 bridgehead atoms. The van der Waals surface area contributed by atoms with Crippen molar-refractivity contribution in [2.45, 2.75) is 16.8 Å². The van der Waals surface area contributed by atoms with E-state index < -0.39 is 24.6 Å². The van der Waals surface area contributed by atoms with Gasteiger partial charge in [-0.05, 0) is 0 Å². The van der Waals surface area contributed by atoms with Crippen LogP contribution in [0.4, 0.5) is 0 Å². The zero-order valence-electron chi connectivity index (χ0n) is 7.09. The van der Waals surface area contributed by atoms with Gasteiger partial charge in [-0.1, -0.05) is 0 Å². The van der Waals surface area contributed by atoms with Crippen molar-refractivity contribution in [2.75, 3.05) is 0 Å². The van der Waals surface area contributed by atoms with E-state index in [-0.39, 0.29) is 0 Å². The van der Waals surface area contributed by atoms with E-state index in [1.54, 1.807) is 7.00 Å². The SMILES string of the molecule is Clc1cc[c]([Hg][CH2]C2CC2)cc1. The normalized spacial score (nSPS) is 15.8. The van der Waals surface area contributed by atoms with Crippen LogP contribution in [0.2, 0.25) is 8.95 Å². The molecule has 1 aliphatic rings. The first-order valence-electron chi connectivity index (χ1n) is 4.59. The quantitative estimate of drug-likeness (QED) is 0.721. The summed E-state index contributed by atoms with van der Waals surface area (Å²) in [7, 11) is 0. The number of hydrogen-bond acceptors (Lipinski definition) is 0. The van der Waals surface area contributed by atoms with Crippen LogP contribution in [-0.2, 0) is 24.6 Å². The predicted octanol–water partition coefficient (Wildman–Crippen LogP) is 2.88. The van der Waals surface area contributed by atoms with Gasteiger partial charge in [0.1, 0.15) is 0 Å². The third-order valence-corrected chi connectivity index (χ3v) is 11.1. The average molecular weight is 367 g/mol. The molecule has 1 aliphatic carbocycles. The fourth-order valence-electron chi connectivity index (χ4n) is 1.43. The summed E-state index contributed by atoms with van der Waals surface area (Å²) < 4.78 is 3.23. The summed E-state index contributed by atoms with van der Waals surface area (Å²) in [6.45, 7) is 0. The number of benzene rings is 1. The van der Waals surface area contributed by atoms with Crippen LogP contribution in [0.3, 0.4) is 0 Å².